The number of rotatable bonds is 3. The Kier molecular flexibility index (Phi) is 4.17. The van der Waals surface area contributed by atoms with E-state index < -0.39 is 5.97 Å². The summed E-state index contributed by atoms with van der Waals surface area (Å²) in [6.07, 6.45) is 2.08. The lowest BCUT2D eigenvalue weighted by atomic mass is 10.0. The van der Waals surface area contributed by atoms with Gasteiger partial charge in [-0.15, -0.1) is 0 Å². The minimum absolute atomic E-state index is 0.339. The van der Waals surface area contributed by atoms with Crippen molar-refractivity contribution in [3.63, 3.8) is 0 Å². The molecular formula is C11H15BrN2O3. The fraction of sp³-hybridized carbons (Fsp3) is 0.636. The van der Waals surface area contributed by atoms with Crippen LogP contribution in [0.1, 0.15) is 23.3 Å². The van der Waals surface area contributed by atoms with Crippen molar-refractivity contribution in [2.45, 2.75) is 19.4 Å². The van der Waals surface area contributed by atoms with Gasteiger partial charge in [-0.3, -0.25) is 4.68 Å². The fourth-order valence-electron chi connectivity index (χ4n) is 1.90. The standard InChI is InChI=1S/C11H15BrN2O3/c1-16-11(15)9-6-10(12)14(13-9)7-8-2-4-17-5-3-8/h6,8H,2-5,7H2,1H3. The third kappa shape index (κ3) is 3.07. The number of ether oxygens (including phenoxy) is 2. The maximum Gasteiger partial charge on any atom is 0.358 e. The number of halogens is 1. The number of hydrogen-bond acceptors (Lipinski definition) is 4. The Balaban J connectivity index is 2.04. The van der Waals surface area contributed by atoms with Gasteiger partial charge in [0.15, 0.2) is 5.69 Å². The molecule has 0 aromatic carbocycles. The zero-order valence-corrected chi connectivity index (χ0v) is 11.3. The molecule has 94 valence electrons. The van der Waals surface area contributed by atoms with Crippen LogP contribution in [-0.4, -0.2) is 36.1 Å². The lowest BCUT2D eigenvalue weighted by Gasteiger charge is -2.22. The van der Waals surface area contributed by atoms with Gasteiger partial charge in [-0.1, -0.05) is 0 Å². The molecule has 0 aliphatic carbocycles. The van der Waals surface area contributed by atoms with Gasteiger partial charge in [0.05, 0.1) is 7.11 Å². The molecule has 17 heavy (non-hydrogen) atoms. The van der Waals surface area contributed by atoms with Crippen molar-refractivity contribution in [2.75, 3.05) is 20.3 Å². The monoisotopic (exact) mass is 302 g/mol. The first-order valence-electron chi connectivity index (χ1n) is 5.60. The molecule has 0 spiro atoms. The molecule has 2 rings (SSSR count). The number of nitrogens with zero attached hydrogens (tertiary/aromatic N) is 2. The maximum atomic E-state index is 11.3. The highest BCUT2D eigenvalue weighted by atomic mass is 79.9. The Morgan fingerprint density at radius 3 is 3.00 bits per heavy atom. The Labute approximate surface area is 108 Å². The Morgan fingerprint density at radius 2 is 2.35 bits per heavy atom. The van der Waals surface area contributed by atoms with Gasteiger partial charge in [-0.25, -0.2) is 4.79 Å². The molecule has 0 radical (unpaired) electrons. The van der Waals surface area contributed by atoms with Crippen molar-refractivity contribution in [2.24, 2.45) is 5.92 Å². The first kappa shape index (κ1) is 12.6. The van der Waals surface area contributed by atoms with Gasteiger partial charge in [-0.05, 0) is 34.7 Å². The molecule has 0 bridgehead atoms. The largest absolute Gasteiger partial charge is 0.464 e. The predicted octanol–water partition coefficient (Wildman–Crippen LogP) is 1.86. The highest BCUT2D eigenvalue weighted by molar-refractivity contribution is 9.10. The zero-order chi connectivity index (χ0) is 12.3. The molecule has 0 N–H and O–H groups in total. The summed E-state index contributed by atoms with van der Waals surface area (Å²) in [5.41, 5.74) is 0.339. The van der Waals surface area contributed by atoms with Crippen LogP contribution in [0.4, 0.5) is 0 Å². The van der Waals surface area contributed by atoms with E-state index in [9.17, 15) is 4.79 Å². The summed E-state index contributed by atoms with van der Waals surface area (Å²) in [6.45, 7) is 2.43. The molecule has 1 aromatic heterocycles. The third-order valence-corrected chi connectivity index (χ3v) is 3.54. The third-order valence-electron chi connectivity index (χ3n) is 2.90. The molecule has 1 saturated heterocycles. The van der Waals surface area contributed by atoms with E-state index in [2.05, 4.69) is 25.8 Å². The number of aromatic nitrogens is 2. The molecule has 1 aliphatic rings. The number of carbonyl (C=O) groups is 1. The van der Waals surface area contributed by atoms with E-state index in [0.717, 1.165) is 37.2 Å². The van der Waals surface area contributed by atoms with Gasteiger partial charge in [0.1, 0.15) is 4.60 Å². The van der Waals surface area contributed by atoms with E-state index in [1.54, 1.807) is 6.07 Å². The Morgan fingerprint density at radius 1 is 1.65 bits per heavy atom. The first-order chi connectivity index (χ1) is 8.20. The average molecular weight is 303 g/mol. The number of esters is 1. The average Bonchev–Trinajstić information content (AvgIpc) is 2.71. The second-order valence-electron chi connectivity index (χ2n) is 4.08. The molecule has 0 amide bonds. The summed E-state index contributed by atoms with van der Waals surface area (Å²) >= 11 is 3.40. The van der Waals surface area contributed by atoms with E-state index in [1.807, 2.05) is 4.68 Å². The van der Waals surface area contributed by atoms with E-state index in [1.165, 1.54) is 7.11 Å². The van der Waals surface area contributed by atoms with Crippen molar-refractivity contribution in [3.8, 4) is 0 Å². The van der Waals surface area contributed by atoms with Crippen molar-refractivity contribution < 1.29 is 14.3 Å². The van der Waals surface area contributed by atoms with E-state index in [4.69, 9.17) is 4.74 Å². The highest BCUT2D eigenvalue weighted by Gasteiger charge is 2.18. The summed E-state index contributed by atoms with van der Waals surface area (Å²) in [5.74, 6) is 0.155. The van der Waals surface area contributed by atoms with Crippen LogP contribution in [0, 0.1) is 5.92 Å². The van der Waals surface area contributed by atoms with E-state index >= 15 is 0 Å². The molecule has 1 fully saturated rings. The molecule has 0 unspecified atom stereocenters. The van der Waals surface area contributed by atoms with Crippen LogP contribution in [-0.2, 0) is 16.0 Å². The molecule has 1 aliphatic heterocycles. The van der Waals surface area contributed by atoms with Crippen molar-refractivity contribution in [1.29, 1.82) is 0 Å². The highest BCUT2D eigenvalue weighted by Crippen LogP contribution is 2.20. The number of hydrogen-bond donors (Lipinski definition) is 0. The minimum Gasteiger partial charge on any atom is -0.464 e. The second-order valence-corrected chi connectivity index (χ2v) is 4.89. The van der Waals surface area contributed by atoms with Gasteiger partial charge in [-0.2, -0.15) is 5.10 Å². The molecule has 0 saturated carbocycles. The van der Waals surface area contributed by atoms with Gasteiger partial charge >= 0.3 is 5.97 Å². The summed E-state index contributed by atoms with van der Waals surface area (Å²) in [4.78, 5) is 11.3. The van der Waals surface area contributed by atoms with Gasteiger partial charge in [0.2, 0.25) is 0 Å². The summed E-state index contributed by atoms with van der Waals surface area (Å²) in [5, 5.41) is 4.23. The lowest BCUT2D eigenvalue weighted by molar-refractivity contribution is 0.0574. The van der Waals surface area contributed by atoms with Crippen molar-refractivity contribution >= 4 is 21.9 Å². The Bertz CT molecular complexity index is 399. The SMILES string of the molecule is COC(=O)c1cc(Br)n(CC2CCOCC2)n1. The van der Waals surface area contributed by atoms with E-state index in [0.29, 0.717) is 11.6 Å². The van der Waals surface area contributed by atoms with Gasteiger partial charge < -0.3 is 9.47 Å². The minimum atomic E-state index is -0.406. The molecular weight excluding hydrogens is 288 g/mol. The number of methoxy groups -OCH3 is 1. The molecule has 1 aromatic rings. The normalized spacial score (nSPS) is 17.1. The van der Waals surface area contributed by atoms with Crippen LogP contribution in [0.2, 0.25) is 0 Å². The summed E-state index contributed by atoms with van der Waals surface area (Å²) in [6, 6.07) is 1.69. The van der Waals surface area contributed by atoms with Crippen LogP contribution < -0.4 is 0 Å². The molecule has 0 atom stereocenters. The quantitative estimate of drug-likeness (QED) is 0.800. The molecule has 6 heteroatoms. The van der Waals surface area contributed by atoms with Gasteiger partial charge in [0.25, 0.3) is 0 Å². The molecule has 5 nitrogen and oxygen atoms in total. The van der Waals surface area contributed by atoms with Crippen LogP contribution in [0.15, 0.2) is 10.7 Å². The van der Waals surface area contributed by atoms with Crippen molar-refractivity contribution in [3.05, 3.63) is 16.4 Å². The second kappa shape index (κ2) is 5.64. The smallest absolute Gasteiger partial charge is 0.358 e. The fourth-order valence-corrected chi connectivity index (χ4v) is 2.34. The zero-order valence-electron chi connectivity index (χ0n) is 9.69. The Hall–Kier alpha value is -0.880. The maximum absolute atomic E-state index is 11.3. The predicted molar refractivity (Wildman–Crippen MR) is 64.8 cm³/mol. The summed E-state index contributed by atoms with van der Waals surface area (Å²) in [7, 11) is 1.35. The van der Waals surface area contributed by atoms with Gasteiger partial charge in [0, 0.05) is 25.8 Å². The molecule has 2 heterocycles. The number of carbonyl (C=O) groups excluding carboxylic acids is 1. The lowest BCUT2D eigenvalue weighted by Crippen LogP contribution is -2.21. The van der Waals surface area contributed by atoms with Crippen LogP contribution in [0.25, 0.3) is 0 Å². The van der Waals surface area contributed by atoms with Crippen LogP contribution in [0.3, 0.4) is 0 Å². The van der Waals surface area contributed by atoms with Crippen LogP contribution in [0.5, 0.6) is 0 Å². The first-order valence-corrected chi connectivity index (χ1v) is 6.39. The van der Waals surface area contributed by atoms with E-state index in [-0.39, 0.29) is 0 Å². The summed E-state index contributed by atoms with van der Waals surface area (Å²) < 4.78 is 12.6. The topological polar surface area (TPSA) is 53.4 Å². The van der Waals surface area contributed by atoms with Crippen LogP contribution >= 0.6 is 15.9 Å². The van der Waals surface area contributed by atoms with Crippen molar-refractivity contribution in [1.82, 2.24) is 9.78 Å².